The average Bonchev–Trinajstić information content (AvgIpc) is 2.60. The molecule has 0 bridgehead atoms. The van der Waals surface area contributed by atoms with E-state index in [-0.39, 0.29) is 5.82 Å². The second-order valence-corrected chi connectivity index (χ2v) is 2.49. The van der Waals surface area contributed by atoms with Gasteiger partial charge in [-0.25, -0.2) is 4.63 Å². The van der Waals surface area contributed by atoms with Gasteiger partial charge in [-0.05, 0) is 23.3 Å². The average molecular weight is 190 g/mol. The lowest BCUT2D eigenvalue weighted by Crippen LogP contribution is -1.96. The van der Waals surface area contributed by atoms with Crippen LogP contribution in [0, 0.1) is 12.3 Å². The predicted molar refractivity (Wildman–Crippen MR) is 53.5 cm³/mol. The molecule has 1 aromatic rings. The van der Waals surface area contributed by atoms with E-state index < -0.39 is 0 Å². The molecule has 5 nitrogen and oxygen atoms in total. The minimum Gasteiger partial charge on any atom is -0.392 e. The number of anilines is 1. The van der Waals surface area contributed by atoms with E-state index in [2.05, 4.69) is 20.9 Å². The zero-order valence-electron chi connectivity index (χ0n) is 7.69. The highest BCUT2D eigenvalue weighted by molar-refractivity contribution is 5.77. The summed E-state index contributed by atoms with van der Waals surface area (Å²) >= 11 is 0. The van der Waals surface area contributed by atoms with Crippen LogP contribution in [0.5, 0.6) is 0 Å². The van der Waals surface area contributed by atoms with E-state index in [1.165, 1.54) is 0 Å². The molecule has 0 saturated carbocycles. The maximum atomic E-state index is 5.50. The summed E-state index contributed by atoms with van der Waals surface area (Å²) in [6.07, 6.45) is 8.45. The summed E-state index contributed by atoms with van der Waals surface area (Å²) in [4.78, 5) is 0. The molecule has 4 N–H and O–H groups in total. The van der Waals surface area contributed by atoms with Crippen LogP contribution >= 0.6 is 0 Å². The number of rotatable bonds is 2. The summed E-state index contributed by atoms with van der Waals surface area (Å²) in [7, 11) is 0. The number of hydrogen-bond acceptors (Lipinski definition) is 5. The first-order valence-electron chi connectivity index (χ1n) is 3.87. The molecule has 0 aliphatic rings. The van der Waals surface area contributed by atoms with Crippen molar-refractivity contribution in [1.82, 2.24) is 10.3 Å². The van der Waals surface area contributed by atoms with E-state index in [4.69, 9.17) is 17.9 Å². The van der Waals surface area contributed by atoms with Gasteiger partial charge in [-0.15, -0.1) is 6.42 Å². The van der Waals surface area contributed by atoms with Crippen LogP contribution < -0.4 is 11.5 Å². The lowest BCUT2D eigenvalue weighted by atomic mass is 10.1. The van der Waals surface area contributed by atoms with Crippen LogP contribution in [0.3, 0.4) is 0 Å². The largest absolute Gasteiger partial charge is 0.392 e. The van der Waals surface area contributed by atoms with Crippen molar-refractivity contribution in [2.75, 3.05) is 5.73 Å². The van der Waals surface area contributed by atoms with Crippen LogP contribution in [-0.4, -0.2) is 10.3 Å². The third-order valence-corrected chi connectivity index (χ3v) is 1.58. The summed E-state index contributed by atoms with van der Waals surface area (Å²) < 4.78 is 4.46. The lowest BCUT2D eigenvalue weighted by molar-refractivity contribution is 0.308. The Kier molecular flexibility index (Phi) is 2.92. The molecule has 1 rings (SSSR count). The van der Waals surface area contributed by atoms with Crippen LogP contribution in [-0.2, 0) is 0 Å². The first kappa shape index (κ1) is 9.86. The summed E-state index contributed by atoms with van der Waals surface area (Å²) in [6, 6.07) is 0. The van der Waals surface area contributed by atoms with E-state index in [0.717, 1.165) is 0 Å². The molecule has 0 amide bonds. The molecule has 0 atom stereocenters. The molecule has 0 aromatic carbocycles. The third kappa shape index (κ3) is 1.93. The fourth-order valence-electron chi connectivity index (χ4n) is 0.893. The van der Waals surface area contributed by atoms with Crippen LogP contribution in [0.2, 0.25) is 0 Å². The highest BCUT2D eigenvalue weighted by atomic mass is 16.6. The number of aromatic nitrogens is 2. The Morgan fingerprint density at radius 1 is 1.57 bits per heavy atom. The summed E-state index contributed by atoms with van der Waals surface area (Å²) in [6.45, 7) is 1.81. The molecule has 0 radical (unpaired) electrons. The Hall–Kier alpha value is -2.22. The van der Waals surface area contributed by atoms with Gasteiger partial charge in [-0.2, -0.15) is 0 Å². The lowest BCUT2D eigenvalue weighted by Gasteiger charge is -1.96. The van der Waals surface area contributed by atoms with E-state index in [0.29, 0.717) is 17.0 Å². The molecule has 1 aromatic heterocycles. The van der Waals surface area contributed by atoms with E-state index in [1.54, 1.807) is 12.2 Å². The molecular weight excluding hydrogens is 180 g/mol. The van der Waals surface area contributed by atoms with Gasteiger partial charge in [-0.1, -0.05) is 12.0 Å². The Morgan fingerprint density at radius 2 is 2.29 bits per heavy atom. The Balaban J connectivity index is 3.09. The summed E-state index contributed by atoms with van der Waals surface area (Å²) in [5.41, 5.74) is 12.4. The van der Waals surface area contributed by atoms with Crippen molar-refractivity contribution in [3.8, 4) is 12.3 Å². The smallest absolute Gasteiger partial charge is 0.196 e. The van der Waals surface area contributed by atoms with Crippen LogP contribution in [0.15, 0.2) is 22.5 Å². The van der Waals surface area contributed by atoms with Crippen molar-refractivity contribution in [3.63, 3.8) is 0 Å². The van der Waals surface area contributed by atoms with Gasteiger partial charge in [0.1, 0.15) is 0 Å². The second-order valence-electron chi connectivity index (χ2n) is 2.49. The minimum absolute atomic E-state index is 0.208. The Morgan fingerprint density at radius 3 is 2.71 bits per heavy atom. The monoisotopic (exact) mass is 190 g/mol. The highest BCUT2D eigenvalue weighted by Gasteiger charge is 2.09. The molecule has 0 aliphatic carbocycles. The maximum absolute atomic E-state index is 5.50. The van der Waals surface area contributed by atoms with Crippen molar-refractivity contribution in [1.29, 1.82) is 0 Å². The van der Waals surface area contributed by atoms with E-state index >= 15 is 0 Å². The molecule has 14 heavy (non-hydrogen) atoms. The standard InChI is InChI=1S/C9H10N4O/c1-3-6(5-7(10)4-2)8-9(11)13-14-12-8/h2-3,5H,10H2,1H3,(H2,11,13)/b6-3+,7-5+. The second kappa shape index (κ2) is 4.14. The van der Waals surface area contributed by atoms with Gasteiger partial charge in [0, 0.05) is 5.57 Å². The van der Waals surface area contributed by atoms with Gasteiger partial charge in [0.25, 0.3) is 0 Å². The van der Waals surface area contributed by atoms with Crippen LogP contribution in [0.1, 0.15) is 12.6 Å². The molecule has 0 saturated heterocycles. The van der Waals surface area contributed by atoms with Crippen LogP contribution in [0.25, 0.3) is 5.57 Å². The number of nitrogens with zero attached hydrogens (tertiary/aromatic N) is 2. The predicted octanol–water partition coefficient (Wildman–Crippen LogP) is 0.531. The first-order valence-corrected chi connectivity index (χ1v) is 3.87. The molecule has 0 spiro atoms. The molecule has 5 heteroatoms. The zero-order valence-corrected chi connectivity index (χ0v) is 7.69. The topological polar surface area (TPSA) is 91.0 Å². The van der Waals surface area contributed by atoms with E-state index in [9.17, 15) is 0 Å². The number of hydrogen-bond donors (Lipinski definition) is 2. The highest BCUT2D eigenvalue weighted by Crippen LogP contribution is 2.18. The van der Waals surface area contributed by atoms with Gasteiger partial charge >= 0.3 is 0 Å². The fourth-order valence-corrected chi connectivity index (χ4v) is 0.893. The molecule has 0 aliphatic heterocycles. The number of allylic oxidation sites excluding steroid dienone is 4. The minimum atomic E-state index is 0.208. The van der Waals surface area contributed by atoms with Gasteiger partial charge in [0.2, 0.25) is 0 Å². The quantitative estimate of drug-likeness (QED) is 0.524. The molecule has 0 fully saturated rings. The first-order chi connectivity index (χ1) is 6.69. The molecule has 0 unspecified atom stereocenters. The maximum Gasteiger partial charge on any atom is 0.196 e. The normalized spacial score (nSPS) is 12.6. The van der Waals surface area contributed by atoms with Gasteiger partial charge < -0.3 is 11.5 Å². The summed E-state index contributed by atoms with van der Waals surface area (Å²) in [5, 5.41) is 7.07. The van der Waals surface area contributed by atoms with Gasteiger partial charge in [0.15, 0.2) is 11.5 Å². The summed E-state index contributed by atoms with van der Waals surface area (Å²) in [5.74, 6) is 2.50. The van der Waals surface area contributed by atoms with Crippen molar-refractivity contribution < 1.29 is 4.63 Å². The van der Waals surface area contributed by atoms with Crippen molar-refractivity contribution >= 4 is 11.4 Å². The van der Waals surface area contributed by atoms with Crippen LogP contribution in [0.4, 0.5) is 5.82 Å². The molecule has 1 heterocycles. The number of terminal acetylenes is 1. The number of nitrogen functional groups attached to an aromatic ring is 1. The van der Waals surface area contributed by atoms with Crippen molar-refractivity contribution in [2.45, 2.75) is 6.92 Å². The Labute approximate surface area is 81.4 Å². The third-order valence-electron chi connectivity index (χ3n) is 1.58. The van der Waals surface area contributed by atoms with Crippen molar-refractivity contribution in [3.05, 3.63) is 23.5 Å². The van der Waals surface area contributed by atoms with Gasteiger partial charge in [0.05, 0.1) is 5.70 Å². The fraction of sp³-hybridized carbons (Fsp3) is 0.111. The number of nitrogens with two attached hydrogens (primary N) is 2. The molecule has 72 valence electrons. The van der Waals surface area contributed by atoms with Gasteiger partial charge in [-0.3, -0.25) is 0 Å². The zero-order chi connectivity index (χ0) is 10.6. The Bertz CT molecular complexity index is 422. The molecular formula is C9H10N4O. The van der Waals surface area contributed by atoms with E-state index in [1.807, 2.05) is 6.92 Å². The van der Waals surface area contributed by atoms with Crippen molar-refractivity contribution in [2.24, 2.45) is 5.73 Å². The SMILES string of the molecule is C#C/C(N)=C\C(=C/C)c1nonc1N.